The molecule has 1 heterocycles. The molecular weight excluding hydrogens is 534 g/mol. The van der Waals surface area contributed by atoms with E-state index in [1.807, 2.05) is 43.3 Å². The fourth-order valence-electron chi connectivity index (χ4n) is 5.17. The molecule has 4 aromatic carbocycles. The van der Waals surface area contributed by atoms with Crippen LogP contribution in [0, 0.1) is 17.0 Å². The number of amides is 3. The van der Waals surface area contributed by atoms with Crippen molar-refractivity contribution in [2.45, 2.75) is 32.5 Å². The summed E-state index contributed by atoms with van der Waals surface area (Å²) in [6.07, 6.45) is 0. The lowest BCUT2D eigenvalue weighted by Crippen LogP contribution is -2.55. The Morgan fingerprint density at radius 1 is 0.976 bits per heavy atom. The second kappa shape index (κ2) is 11.8. The van der Waals surface area contributed by atoms with Gasteiger partial charge in [0.15, 0.2) is 0 Å². The SMILES string of the molecule is CNC(C)C(=O)NC1CN(C(=O)c2ccc([N+](=O)[O-])cc2)c2ccccc2N(Cc2c(C)ccc3ccccc23)C1=O. The molecule has 0 bridgehead atoms. The highest BCUT2D eigenvalue weighted by molar-refractivity contribution is 6.13. The zero-order valence-corrected chi connectivity index (χ0v) is 23.5. The Bertz CT molecular complexity index is 1690. The molecule has 1 aliphatic heterocycles. The predicted molar refractivity (Wildman–Crippen MR) is 162 cm³/mol. The van der Waals surface area contributed by atoms with Gasteiger partial charge in [0.1, 0.15) is 6.04 Å². The van der Waals surface area contributed by atoms with E-state index in [2.05, 4.69) is 10.6 Å². The zero-order valence-electron chi connectivity index (χ0n) is 23.5. The van der Waals surface area contributed by atoms with Crippen LogP contribution in [0.15, 0.2) is 84.9 Å². The number of nitro groups is 1. The lowest BCUT2D eigenvalue weighted by Gasteiger charge is -2.27. The van der Waals surface area contributed by atoms with E-state index in [4.69, 9.17) is 0 Å². The number of non-ortho nitro benzene ring substituents is 1. The molecule has 0 fully saturated rings. The Labute approximate surface area is 243 Å². The highest BCUT2D eigenvalue weighted by atomic mass is 16.6. The molecule has 42 heavy (non-hydrogen) atoms. The number of para-hydroxylation sites is 2. The van der Waals surface area contributed by atoms with Gasteiger partial charge in [-0.15, -0.1) is 0 Å². The highest BCUT2D eigenvalue weighted by Gasteiger charge is 2.38. The van der Waals surface area contributed by atoms with E-state index in [-0.39, 0.29) is 36.2 Å². The van der Waals surface area contributed by atoms with Gasteiger partial charge in [0, 0.05) is 17.7 Å². The monoisotopic (exact) mass is 565 g/mol. The minimum absolute atomic E-state index is 0.126. The zero-order chi connectivity index (χ0) is 30.0. The largest absolute Gasteiger partial charge is 0.341 e. The summed E-state index contributed by atoms with van der Waals surface area (Å²) in [7, 11) is 1.65. The molecule has 4 aromatic rings. The summed E-state index contributed by atoms with van der Waals surface area (Å²) in [4.78, 5) is 55.0. The number of nitrogens with zero attached hydrogens (tertiary/aromatic N) is 3. The molecule has 2 atom stereocenters. The van der Waals surface area contributed by atoms with Crippen LogP contribution in [0.5, 0.6) is 0 Å². The molecule has 0 saturated carbocycles. The van der Waals surface area contributed by atoms with Crippen LogP contribution in [0.1, 0.15) is 28.4 Å². The number of hydrogen-bond donors (Lipinski definition) is 2. The van der Waals surface area contributed by atoms with Crippen LogP contribution in [0.3, 0.4) is 0 Å². The number of aryl methyl sites for hydroxylation is 1. The normalized spacial score (nSPS) is 15.6. The average molecular weight is 566 g/mol. The summed E-state index contributed by atoms with van der Waals surface area (Å²) in [6, 6.07) is 22.8. The fraction of sp³-hybridized carbons (Fsp3) is 0.219. The number of hydrogen-bond acceptors (Lipinski definition) is 6. The highest BCUT2D eigenvalue weighted by Crippen LogP contribution is 2.36. The molecule has 0 aliphatic carbocycles. The maximum Gasteiger partial charge on any atom is 0.269 e. The van der Waals surface area contributed by atoms with Crippen molar-refractivity contribution >= 4 is 45.6 Å². The second-order valence-corrected chi connectivity index (χ2v) is 10.3. The molecule has 10 heteroatoms. The number of carbonyl (C=O) groups is 3. The maximum absolute atomic E-state index is 14.3. The van der Waals surface area contributed by atoms with Crippen molar-refractivity contribution in [2.75, 3.05) is 23.4 Å². The maximum atomic E-state index is 14.3. The quantitative estimate of drug-likeness (QED) is 0.254. The fourth-order valence-corrected chi connectivity index (χ4v) is 5.17. The summed E-state index contributed by atoms with van der Waals surface area (Å²) in [5.74, 6) is -1.19. The van der Waals surface area contributed by atoms with E-state index in [0.717, 1.165) is 21.9 Å². The van der Waals surface area contributed by atoms with Gasteiger partial charge in [0.25, 0.3) is 17.5 Å². The Balaban J connectivity index is 1.62. The molecule has 1 aliphatic rings. The smallest absolute Gasteiger partial charge is 0.269 e. The molecule has 0 radical (unpaired) electrons. The summed E-state index contributed by atoms with van der Waals surface area (Å²) in [5, 5.41) is 18.9. The number of anilines is 2. The van der Waals surface area contributed by atoms with Crippen molar-refractivity contribution in [3.8, 4) is 0 Å². The van der Waals surface area contributed by atoms with Gasteiger partial charge in [-0.25, -0.2) is 0 Å². The Kier molecular flexibility index (Phi) is 7.99. The third kappa shape index (κ3) is 5.44. The van der Waals surface area contributed by atoms with Gasteiger partial charge < -0.3 is 20.4 Å². The number of fused-ring (bicyclic) bond motifs is 2. The van der Waals surface area contributed by atoms with Crippen LogP contribution in [-0.4, -0.2) is 48.3 Å². The van der Waals surface area contributed by atoms with Crippen molar-refractivity contribution in [2.24, 2.45) is 0 Å². The van der Waals surface area contributed by atoms with Crippen molar-refractivity contribution in [3.05, 3.63) is 112 Å². The molecule has 5 rings (SSSR count). The van der Waals surface area contributed by atoms with Crippen LogP contribution in [0.25, 0.3) is 10.8 Å². The molecule has 0 spiro atoms. The van der Waals surface area contributed by atoms with Gasteiger partial charge in [-0.2, -0.15) is 0 Å². The minimum atomic E-state index is -1.06. The first-order valence-electron chi connectivity index (χ1n) is 13.6. The van der Waals surface area contributed by atoms with E-state index in [1.54, 1.807) is 43.1 Å². The van der Waals surface area contributed by atoms with Crippen molar-refractivity contribution in [3.63, 3.8) is 0 Å². The number of benzene rings is 4. The second-order valence-electron chi connectivity index (χ2n) is 10.3. The molecule has 214 valence electrons. The third-order valence-corrected chi connectivity index (χ3v) is 7.70. The number of nitro benzene ring substituents is 1. The average Bonchev–Trinajstić information content (AvgIpc) is 3.12. The molecule has 0 aromatic heterocycles. The lowest BCUT2D eigenvalue weighted by atomic mass is 9.99. The van der Waals surface area contributed by atoms with Gasteiger partial charge in [-0.3, -0.25) is 24.5 Å². The van der Waals surface area contributed by atoms with E-state index in [9.17, 15) is 24.5 Å². The Hall–Kier alpha value is -5.09. The molecule has 0 saturated heterocycles. The van der Waals surface area contributed by atoms with Gasteiger partial charge in [-0.05, 0) is 67.1 Å². The first-order chi connectivity index (χ1) is 20.2. The van der Waals surface area contributed by atoms with Gasteiger partial charge in [0.2, 0.25) is 5.91 Å². The first-order valence-corrected chi connectivity index (χ1v) is 13.6. The number of nitrogens with one attached hydrogen (secondary N) is 2. The van der Waals surface area contributed by atoms with E-state index in [1.165, 1.54) is 29.2 Å². The first kappa shape index (κ1) is 28.4. The van der Waals surface area contributed by atoms with Crippen molar-refractivity contribution in [1.29, 1.82) is 0 Å². The Morgan fingerprint density at radius 3 is 2.33 bits per heavy atom. The summed E-state index contributed by atoms with van der Waals surface area (Å²) in [5.41, 5.74) is 3.05. The number of carbonyl (C=O) groups excluding carboxylic acids is 3. The van der Waals surface area contributed by atoms with Crippen LogP contribution < -0.4 is 20.4 Å². The van der Waals surface area contributed by atoms with E-state index >= 15 is 0 Å². The van der Waals surface area contributed by atoms with Crippen LogP contribution in [0.2, 0.25) is 0 Å². The number of likely N-dealkylation sites (N-methyl/N-ethyl adjacent to an activating group) is 1. The third-order valence-electron chi connectivity index (χ3n) is 7.70. The van der Waals surface area contributed by atoms with Gasteiger partial charge in [-0.1, -0.05) is 48.5 Å². The molecule has 2 unspecified atom stereocenters. The van der Waals surface area contributed by atoms with Crippen molar-refractivity contribution in [1.82, 2.24) is 10.6 Å². The summed E-state index contributed by atoms with van der Waals surface area (Å²) >= 11 is 0. The molecule has 2 N–H and O–H groups in total. The molecule has 3 amide bonds. The summed E-state index contributed by atoms with van der Waals surface area (Å²) < 4.78 is 0. The van der Waals surface area contributed by atoms with E-state index < -0.39 is 22.9 Å². The van der Waals surface area contributed by atoms with Crippen molar-refractivity contribution < 1.29 is 19.3 Å². The van der Waals surface area contributed by atoms with Gasteiger partial charge >= 0.3 is 0 Å². The topological polar surface area (TPSA) is 125 Å². The summed E-state index contributed by atoms with van der Waals surface area (Å²) in [6.45, 7) is 3.77. The number of rotatable bonds is 7. The molecular formula is C32H31N5O5. The standard InChI is InChI=1S/C32H31N5O5/c1-20-12-13-22-8-4-5-9-25(22)26(20)18-35-28-10-6-7-11-29(28)36(19-27(32(35)40)34-30(38)21(2)33-3)31(39)23-14-16-24(17-15-23)37(41)42/h4-17,21,27,33H,18-19H2,1-3H3,(H,34,38). The van der Waals surface area contributed by atoms with Gasteiger partial charge in [0.05, 0.1) is 35.4 Å². The lowest BCUT2D eigenvalue weighted by molar-refractivity contribution is -0.384. The van der Waals surface area contributed by atoms with E-state index in [0.29, 0.717) is 11.4 Å². The van der Waals surface area contributed by atoms with Crippen LogP contribution in [0.4, 0.5) is 17.1 Å². The predicted octanol–water partition coefficient (Wildman–Crippen LogP) is 4.34. The van der Waals surface area contributed by atoms with Crippen LogP contribution in [-0.2, 0) is 16.1 Å². The van der Waals surface area contributed by atoms with Crippen LogP contribution >= 0.6 is 0 Å². The minimum Gasteiger partial charge on any atom is -0.341 e. The molecule has 10 nitrogen and oxygen atoms in total. The Morgan fingerprint density at radius 2 is 1.64 bits per heavy atom.